The lowest BCUT2D eigenvalue weighted by Crippen LogP contribution is -2.47. The summed E-state index contributed by atoms with van der Waals surface area (Å²) >= 11 is 0. The highest BCUT2D eigenvalue weighted by atomic mass is 16.5. The number of aryl methyl sites for hydroxylation is 2. The number of likely N-dealkylation sites (N-methyl/N-ethyl adjacent to an activating group) is 1. The molecule has 1 aromatic rings. The predicted octanol–water partition coefficient (Wildman–Crippen LogP) is 0.447. The number of rotatable bonds is 5. The highest BCUT2D eigenvalue weighted by Crippen LogP contribution is 2.17. The summed E-state index contributed by atoms with van der Waals surface area (Å²) in [5.74, 6) is 0.274. The van der Waals surface area contributed by atoms with E-state index < -0.39 is 0 Å². The third-order valence-corrected chi connectivity index (χ3v) is 4.19. The Bertz CT molecular complexity index is 535. The second-order valence-electron chi connectivity index (χ2n) is 6.06. The normalized spacial score (nSPS) is 18.7. The van der Waals surface area contributed by atoms with E-state index in [2.05, 4.69) is 5.16 Å². The van der Waals surface area contributed by atoms with Crippen molar-refractivity contribution in [2.75, 3.05) is 26.7 Å². The third kappa shape index (κ3) is 3.85. The van der Waals surface area contributed by atoms with E-state index in [-0.39, 0.29) is 17.7 Å². The van der Waals surface area contributed by atoms with Crippen molar-refractivity contribution in [2.45, 2.75) is 33.2 Å². The minimum atomic E-state index is -0.318. The van der Waals surface area contributed by atoms with Gasteiger partial charge in [0.05, 0.1) is 18.2 Å². The molecule has 1 fully saturated rings. The maximum atomic E-state index is 12.4. The van der Waals surface area contributed by atoms with Crippen LogP contribution in [-0.4, -0.2) is 53.5 Å². The summed E-state index contributed by atoms with van der Waals surface area (Å²) in [6, 6.07) is 0. The number of carbonyl (C=O) groups is 2. The van der Waals surface area contributed by atoms with E-state index in [0.717, 1.165) is 29.9 Å². The highest BCUT2D eigenvalue weighted by molar-refractivity contribution is 5.81. The maximum Gasteiger partial charge on any atom is 0.236 e. The number of aromatic nitrogens is 1. The average Bonchev–Trinajstić information content (AvgIpc) is 2.79. The lowest BCUT2D eigenvalue weighted by atomic mass is 9.97. The van der Waals surface area contributed by atoms with Crippen molar-refractivity contribution in [3.05, 3.63) is 17.0 Å². The van der Waals surface area contributed by atoms with Crippen LogP contribution in [0, 0.1) is 19.8 Å². The van der Waals surface area contributed by atoms with E-state index in [9.17, 15) is 9.59 Å². The van der Waals surface area contributed by atoms with Crippen LogP contribution in [0.5, 0.6) is 0 Å². The number of amides is 2. The van der Waals surface area contributed by atoms with Crippen LogP contribution in [0.3, 0.4) is 0 Å². The molecule has 2 amide bonds. The summed E-state index contributed by atoms with van der Waals surface area (Å²) in [4.78, 5) is 27.3. The van der Waals surface area contributed by atoms with Crippen LogP contribution in [0.1, 0.15) is 29.9 Å². The summed E-state index contributed by atoms with van der Waals surface area (Å²) in [5, 5.41) is 3.92. The van der Waals surface area contributed by atoms with Gasteiger partial charge in [0.2, 0.25) is 11.8 Å². The molecule has 0 aliphatic carbocycles. The van der Waals surface area contributed by atoms with Gasteiger partial charge in [-0.2, -0.15) is 0 Å². The third-order valence-electron chi connectivity index (χ3n) is 4.19. The lowest BCUT2D eigenvalue weighted by molar-refractivity contribution is -0.135. The average molecular weight is 308 g/mol. The van der Waals surface area contributed by atoms with Gasteiger partial charge in [0.1, 0.15) is 5.76 Å². The van der Waals surface area contributed by atoms with Crippen molar-refractivity contribution in [2.24, 2.45) is 11.7 Å². The Morgan fingerprint density at radius 3 is 2.77 bits per heavy atom. The molecule has 2 N–H and O–H groups in total. The molecule has 0 radical (unpaired) electrons. The van der Waals surface area contributed by atoms with E-state index in [1.807, 2.05) is 25.8 Å². The van der Waals surface area contributed by atoms with Crippen molar-refractivity contribution in [3.8, 4) is 0 Å². The van der Waals surface area contributed by atoms with E-state index in [0.29, 0.717) is 26.2 Å². The maximum absolute atomic E-state index is 12.4. The second-order valence-corrected chi connectivity index (χ2v) is 6.06. The number of primary amides is 1. The van der Waals surface area contributed by atoms with Crippen molar-refractivity contribution < 1.29 is 14.1 Å². The van der Waals surface area contributed by atoms with Gasteiger partial charge < -0.3 is 15.2 Å². The fourth-order valence-electron chi connectivity index (χ4n) is 2.82. The zero-order valence-corrected chi connectivity index (χ0v) is 13.5. The molecule has 0 aromatic carbocycles. The van der Waals surface area contributed by atoms with Crippen LogP contribution in [0.2, 0.25) is 0 Å². The predicted molar refractivity (Wildman–Crippen MR) is 80.8 cm³/mol. The largest absolute Gasteiger partial charge is 0.369 e. The Kier molecular flexibility index (Phi) is 5.18. The smallest absolute Gasteiger partial charge is 0.236 e. The van der Waals surface area contributed by atoms with Gasteiger partial charge in [0, 0.05) is 25.2 Å². The number of nitrogens with zero attached hydrogens (tertiary/aromatic N) is 3. The molecule has 1 aliphatic heterocycles. The van der Waals surface area contributed by atoms with Gasteiger partial charge in [0.25, 0.3) is 0 Å². The number of hydrogen-bond acceptors (Lipinski definition) is 5. The zero-order valence-electron chi connectivity index (χ0n) is 13.5. The molecule has 1 atom stereocenters. The van der Waals surface area contributed by atoms with Gasteiger partial charge in [-0.3, -0.25) is 14.5 Å². The minimum Gasteiger partial charge on any atom is -0.369 e. The standard InChI is InChI=1S/C15H24N4O3/c1-10-13(11(2)22-17-10)8-18(3)9-14(20)19-6-4-5-12(7-19)15(16)21/h12H,4-9H2,1-3H3,(H2,16,21)/t12-/m1/s1. The molecule has 0 saturated carbocycles. The second kappa shape index (κ2) is 6.91. The summed E-state index contributed by atoms with van der Waals surface area (Å²) in [5.41, 5.74) is 7.22. The first-order valence-electron chi connectivity index (χ1n) is 7.56. The fourth-order valence-corrected chi connectivity index (χ4v) is 2.82. The zero-order chi connectivity index (χ0) is 16.3. The van der Waals surface area contributed by atoms with Crippen LogP contribution < -0.4 is 5.73 Å². The molecule has 1 aromatic heterocycles. The van der Waals surface area contributed by atoms with Crippen LogP contribution in [0.25, 0.3) is 0 Å². The quantitative estimate of drug-likeness (QED) is 0.852. The van der Waals surface area contributed by atoms with Crippen LogP contribution in [0.4, 0.5) is 0 Å². The molecule has 0 spiro atoms. The van der Waals surface area contributed by atoms with Gasteiger partial charge in [-0.1, -0.05) is 5.16 Å². The summed E-state index contributed by atoms with van der Waals surface area (Å²) in [6.45, 7) is 5.81. The fraction of sp³-hybridized carbons (Fsp3) is 0.667. The Hall–Kier alpha value is -1.89. The molecule has 7 heteroatoms. The first-order valence-corrected chi connectivity index (χ1v) is 7.56. The lowest BCUT2D eigenvalue weighted by Gasteiger charge is -2.32. The van der Waals surface area contributed by atoms with Gasteiger partial charge in [-0.25, -0.2) is 0 Å². The Morgan fingerprint density at radius 2 is 2.18 bits per heavy atom. The number of nitrogens with two attached hydrogens (primary N) is 1. The minimum absolute atomic E-state index is 0.0280. The summed E-state index contributed by atoms with van der Waals surface area (Å²) < 4.78 is 5.13. The summed E-state index contributed by atoms with van der Waals surface area (Å²) in [7, 11) is 1.89. The number of likely N-dealkylation sites (tertiary alicyclic amines) is 1. The molecule has 2 rings (SSSR count). The van der Waals surface area contributed by atoms with Gasteiger partial charge in [-0.15, -0.1) is 0 Å². The first-order chi connectivity index (χ1) is 10.4. The monoisotopic (exact) mass is 308 g/mol. The van der Waals surface area contributed by atoms with Crippen LogP contribution >= 0.6 is 0 Å². The Labute approximate surface area is 130 Å². The molecule has 0 unspecified atom stereocenters. The molecule has 122 valence electrons. The number of piperidine rings is 1. The molecule has 1 aliphatic rings. The summed E-state index contributed by atoms with van der Waals surface area (Å²) in [6.07, 6.45) is 1.60. The van der Waals surface area contributed by atoms with Gasteiger partial charge >= 0.3 is 0 Å². The van der Waals surface area contributed by atoms with Crippen LogP contribution in [-0.2, 0) is 16.1 Å². The molecular formula is C15H24N4O3. The highest BCUT2D eigenvalue weighted by Gasteiger charge is 2.27. The molecule has 0 bridgehead atoms. The topological polar surface area (TPSA) is 92.7 Å². The van der Waals surface area contributed by atoms with Gasteiger partial charge in [0.15, 0.2) is 0 Å². The Balaban J connectivity index is 1.89. The van der Waals surface area contributed by atoms with Crippen LogP contribution in [0.15, 0.2) is 4.52 Å². The van der Waals surface area contributed by atoms with Crippen molar-refractivity contribution in [3.63, 3.8) is 0 Å². The molecule has 1 saturated heterocycles. The van der Waals surface area contributed by atoms with E-state index in [4.69, 9.17) is 10.3 Å². The van der Waals surface area contributed by atoms with Crippen molar-refractivity contribution in [1.82, 2.24) is 15.0 Å². The van der Waals surface area contributed by atoms with E-state index >= 15 is 0 Å². The van der Waals surface area contributed by atoms with Crippen molar-refractivity contribution in [1.29, 1.82) is 0 Å². The Morgan fingerprint density at radius 1 is 1.45 bits per heavy atom. The first kappa shape index (κ1) is 16.5. The van der Waals surface area contributed by atoms with Crippen molar-refractivity contribution >= 4 is 11.8 Å². The molecule has 7 nitrogen and oxygen atoms in total. The number of hydrogen-bond donors (Lipinski definition) is 1. The molecule has 2 heterocycles. The van der Waals surface area contributed by atoms with E-state index in [1.165, 1.54) is 0 Å². The molecule has 22 heavy (non-hydrogen) atoms. The SMILES string of the molecule is Cc1noc(C)c1CN(C)CC(=O)N1CCC[C@@H](C(N)=O)C1. The van der Waals surface area contributed by atoms with E-state index in [1.54, 1.807) is 4.90 Å². The molecular weight excluding hydrogens is 284 g/mol. The number of carbonyl (C=O) groups excluding carboxylic acids is 2. The van der Waals surface area contributed by atoms with Gasteiger partial charge in [-0.05, 0) is 33.7 Å².